The van der Waals surface area contributed by atoms with Crippen LogP contribution in [0.3, 0.4) is 0 Å². The summed E-state index contributed by atoms with van der Waals surface area (Å²) < 4.78 is 0. The van der Waals surface area contributed by atoms with Gasteiger partial charge in [0.25, 0.3) is 0 Å². The Bertz CT molecular complexity index is 468. The van der Waals surface area contributed by atoms with Crippen molar-refractivity contribution in [1.82, 2.24) is 0 Å². The van der Waals surface area contributed by atoms with Crippen LogP contribution in [0, 0.1) is 20.8 Å². The van der Waals surface area contributed by atoms with E-state index in [-0.39, 0.29) is 6.04 Å². The fourth-order valence-corrected chi connectivity index (χ4v) is 3.72. The maximum Gasteiger partial charge on any atom is 0.0659 e. The highest BCUT2D eigenvalue weighted by Gasteiger charge is 2.16. The number of nitrogens with two attached hydrogens (primary N) is 1. The van der Waals surface area contributed by atoms with Crippen LogP contribution in [0.25, 0.3) is 0 Å². The van der Waals surface area contributed by atoms with E-state index in [0.29, 0.717) is 0 Å². The van der Waals surface area contributed by atoms with Crippen LogP contribution in [0.2, 0.25) is 0 Å². The third-order valence-electron chi connectivity index (χ3n) is 2.60. The Morgan fingerprint density at radius 2 is 2.00 bits per heavy atom. The molecule has 0 amide bonds. The summed E-state index contributed by atoms with van der Waals surface area (Å²) in [6.45, 7) is 6.41. The number of rotatable bonds is 2. The summed E-state index contributed by atoms with van der Waals surface area (Å²) in [4.78, 5) is 3.97. The standard InChI is InChI=1S/C12H15NS2/c1-7-4-5-14-12(7)11(13)10-6-8(2)15-9(10)3/h4-6,11H,13H2,1-3H3. The van der Waals surface area contributed by atoms with Gasteiger partial charge in [0.2, 0.25) is 0 Å². The third-order valence-corrected chi connectivity index (χ3v) is 4.68. The lowest BCUT2D eigenvalue weighted by molar-refractivity contribution is 0.882. The molecule has 80 valence electrons. The van der Waals surface area contributed by atoms with Crippen LogP contribution in [0.15, 0.2) is 17.5 Å². The van der Waals surface area contributed by atoms with Gasteiger partial charge in [-0.05, 0) is 49.4 Å². The molecule has 0 bridgehead atoms. The minimum absolute atomic E-state index is 0.0509. The van der Waals surface area contributed by atoms with E-state index >= 15 is 0 Å². The molecule has 2 rings (SSSR count). The minimum Gasteiger partial charge on any atom is -0.320 e. The average molecular weight is 237 g/mol. The Hall–Kier alpha value is -0.640. The Morgan fingerprint density at radius 1 is 1.27 bits per heavy atom. The van der Waals surface area contributed by atoms with Gasteiger partial charge in [-0.3, -0.25) is 0 Å². The van der Waals surface area contributed by atoms with E-state index < -0.39 is 0 Å². The van der Waals surface area contributed by atoms with E-state index in [4.69, 9.17) is 5.73 Å². The lowest BCUT2D eigenvalue weighted by atomic mass is 10.0. The molecule has 0 radical (unpaired) electrons. The molecular weight excluding hydrogens is 222 g/mol. The van der Waals surface area contributed by atoms with Crippen molar-refractivity contribution in [3.63, 3.8) is 0 Å². The first kappa shape index (κ1) is 10.9. The predicted molar refractivity (Wildman–Crippen MR) is 68.9 cm³/mol. The van der Waals surface area contributed by atoms with Crippen LogP contribution in [-0.2, 0) is 0 Å². The van der Waals surface area contributed by atoms with Gasteiger partial charge in [0.15, 0.2) is 0 Å². The number of aryl methyl sites for hydroxylation is 3. The normalized spacial score (nSPS) is 13.1. The second-order valence-electron chi connectivity index (χ2n) is 3.81. The molecule has 0 fully saturated rings. The first-order valence-corrected chi connectivity index (χ1v) is 6.65. The number of thiophene rings is 2. The highest BCUT2D eigenvalue weighted by atomic mass is 32.1. The van der Waals surface area contributed by atoms with Crippen molar-refractivity contribution in [3.8, 4) is 0 Å². The van der Waals surface area contributed by atoms with E-state index in [1.807, 2.05) is 11.3 Å². The molecule has 15 heavy (non-hydrogen) atoms. The quantitative estimate of drug-likeness (QED) is 0.845. The Morgan fingerprint density at radius 3 is 2.47 bits per heavy atom. The number of hydrogen-bond donors (Lipinski definition) is 1. The molecule has 2 heterocycles. The summed E-state index contributed by atoms with van der Waals surface area (Å²) in [7, 11) is 0. The first-order valence-electron chi connectivity index (χ1n) is 4.96. The lowest BCUT2D eigenvalue weighted by Crippen LogP contribution is -2.11. The first-order chi connectivity index (χ1) is 7.09. The SMILES string of the molecule is Cc1cc(C(N)c2sccc2C)c(C)s1. The molecule has 2 N–H and O–H groups in total. The zero-order chi connectivity index (χ0) is 11.0. The maximum absolute atomic E-state index is 6.29. The van der Waals surface area contributed by atoms with Crippen LogP contribution in [-0.4, -0.2) is 0 Å². The van der Waals surface area contributed by atoms with Crippen LogP contribution in [0.4, 0.5) is 0 Å². The van der Waals surface area contributed by atoms with Gasteiger partial charge in [-0.2, -0.15) is 0 Å². The molecule has 0 aliphatic heterocycles. The molecule has 1 atom stereocenters. The fraction of sp³-hybridized carbons (Fsp3) is 0.333. The molecular formula is C12H15NS2. The molecule has 0 aliphatic rings. The minimum atomic E-state index is 0.0509. The molecule has 0 saturated carbocycles. The van der Waals surface area contributed by atoms with Crippen LogP contribution in [0.5, 0.6) is 0 Å². The van der Waals surface area contributed by atoms with Gasteiger partial charge >= 0.3 is 0 Å². The molecule has 1 unspecified atom stereocenters. The summed E-state index contributed by atoms with van der Waals surface area (Å²) in [6.07, 6.45) is 0. The monoisotopic (exact) mass is 237 g/mol. The summed E-state index contributed by atoms with van der Waals surface area (Å²) in [5.74, 6) is 0. The van der Waals surface area contributed by atoms with Crippen LogP contribution in [0.1, 0.15) is 31.8 Å². The van der Waals surface area contributed by atoms with E-state index in [0.717, 1.165) is 0 Å². The van der Waals surface area contributed by atoms with Gasteiger partial charge in [0.1, 0.15) is 0 Å². The summed E-state index contributed by atoms with van der Waals surface area (Å²) in [5.41, 5.74) is 8.88. The van der Waals surface area contributed by atoms with Crippen molar-refractivity contribution in [3.05, 3.63) is 43.3 Å². The van der Waals surface area contributed by atoms with Gasteiger partial charge < -0.3 is 5.73 Å². The molecule has 2 aromatic rings. The molecule has 2 aromatic heterocycles. The van der Waals surface area contributed by atoms with Crippen LogP contribution >= 0.6 is 22.7 Å². The second kappa shape index (κ2) is 4.08. The van der Waals surface area contributed by atoms with E-state index in [1.54, 1.807) is 11.3 Å². The van der Waals surface area contributed by atoms with Gasteiger partial charge in [-0.25, -0.2) is 0 Å². The van der Waals surface area contributed by atoms with Crippen molar-refractivity contribution in [2.45, 2.75) is 26.8 Å². The number of hydrogen-bond acceptors (Lipinski definition) is 3. The molecule has 3 heteroatoms. The third kappa shape index (κ3) is 2.00. The molecule has 0 aromatic carbocycles. The summed E-state index contributed by atoms with van der Waals surface area (Å²) >= 11 is 3.58. The summed E-state index contributed by atoms with van der Waals surface area (Å²) in [6, 6.07) is 4.40. The molecule has 0 aliphatic carbocycles. The van der Waals surface area contributed by atoms with Crippen molar-refractivity contribution in [1.29, 1.82) is 0 Å². The largest absolute Gasteiger partial charge is 0.320 e. The Labute approximate surface area is 98.6 Å². The molecule has 1 nitrogen and oxygen atoms in total. The second-order valence-corrected chi connectivity index (χ2v) is 6.22. The maximum atomic E-state index is 6.29. The Kier molecular flexibility index (Phi) is 2.96. The van der Waals surface area contributed by atoms with Gasteiger partial charge in [-0.1, -0.05) is 0 Å². The zero-order valence-corrected chi connectivity index (χ0v) is 10.8. The molecule has 0 spiro atoms. The van der Waals surface area contributed by atoms with E-state index in [9.17, 15) is 0 Å². The van der Waals surface area contributed by atoms with Gasteiger partial charge in [0, 0.05) is 14.6 Å². The predicted octanol–water partition coefficient (Wildman–Crippen LogP) is 3.78. The smallest absolute Gasteiger partial charge is 0.0659 e. The van der Waals surface area contributed by atoms with E-state index in [2.05, 4.69) is 38.3 Å². The highest BCUT2D eigenvalue weighted by molar-refractivity contribution is 7.12. The Balaban J connectivity index is 2.40. The van der Waals surface area contributed by atoms with Crippen LogP contribution < -0.4 is 5.73 Å². The zero-order valence-electron chi connectivity index (χ0n) is 9.20. The van der Waals surface area contributed by atoms with Crippen molar-refractivity contribution >= 4 is 22.7 Å². The average Bonchev–Trinajstić information content (AvgIpc) is 2.71. The molecule has 0 saturated heterocycles. The summed E-state index contributed by atoms with van der Waals surface area (Å²) in [5, 5.41) is 2.11. The van der Waals surface area contributed by atoms with Gasteiger partial charge in [-0.15, -0.1) is 22.7 Å². The van der Waals surface area contributed by atoms with Crippen molar-refractivity contribution in [2.75, 3.05) is 0 Å². The fourth-order valence-electron chi connectivity index (χ4n) is 1.80. The lowest BCUT2D eigenvalue weighted by Gasteiger charge is -2.10. The topological polar surface area (TPSA) is 26.0 Å². The van der Waals surface area contributed by atoms with E-state index in [1.165, 1.54) is 25.8 Å². The van der Waals surface area contributed by atoms with Gasteiger partial charge in [0.05, 0.1) is 6.04 Å². The van der Waals surface area contributed by atoms with Crippen molar-refractivity contribution < 1.29 is 0 Å². The van der Waals surface area contributed by atoms with Crippen molar-refractivity contribution in [2.24, 2.45) is 5.73 Å². The highest BCUT2D eigenvalue weighted by Crippen LogP contribution is 2.32.